The average molecular weight is 439 g/mol. The van der Waals surface area contributed by atoms with Crippen molar-refractivity contribution in [1.29, 1.82) is 0 Å². The fourth-order valence-electron chi connectivity index (χ4n) is 3.27. The van der Waals surface area contributed by atoms with Crippen molar-refractivity contribution in [2.75, 3.05) is 5.32 Å². The average Bonchev–Trinajstić information content (AvgIpc) is 3.26. The quantitative estimate of drug-likeness (QED) is 0.398. The molecule has 0 radical (unpaired) electrons. The number of hydrogen-bond donors (Lipinski definition) is 2. The first-order valence-electron chi connectivity index (χ1n) is 9.23. The first-order chi connectivity index (χ1) is 14.3. The number of nitrogens with zero attached hydrogens (tertiary/aromatic N) is 3. The molecule has 0 amide bonds. The summed E-state index contributed by atoms with van der Waals surface area (Å²) in [6.45, 7) is 5.87. The van der Waals surface area contributed by atoms with Crippen LogP contribution in [-0.2, 0) is 0 Å². The number of benzene rings is 2. The van der Waals surface area contributed by atoms with E-state index in [1.54, 1.807) is 16.8 Å². The second kappa shape index (κ2) is 7.93. The summed E-state index contributed by atoms with van der Waals surface area (Å²) in [5, 5.41) is 20.9. The Hall–Kier alpha value is -3.16. The number of para-hydroxylation sites is 1. The minimum atomic E-state index is -1.06. The number of thiazole rings is 1. The molecule has 152 valence electrons. The van der Waals surface area contributed by atoms with Gasteiger partial charge in [-0.15, -0.1) is 11.3 Å². The Balaban J connectivity index is 1.95. The number of hydrogen-bond acceptors (Lipinski definition) is 5. The molecule has 2 N–H and O–H groups in total. The monoisotopic (exact) mass is 438 g/mol. The summed E-state index contributed by atoms with van der Waals surface area (Å²) in [5.41, 5.74) is 4.99. The summed E-state index contributed by atoms with van der Waals surface area (Å²) in [6, 6.07) is 12.6. The number of halogens is 1. The molecule has 2 heterocycles. The molecule has 0 aliphatic carbocycles. The number of aryl methyl sites for hydroxylation is 3. The van der Waals surface area contributed by atoms with E-state index in [-0.39, 0.29) is 5.56 Å². The number of carboxylic acids is 1. The standard InChI is InChI=1S/C22H19ClN4O2S/c1-12-6-4-5-7-18(12)27-20(19(14(3)26-27)21-24-13(2)11-30-21)25-17-9-8-15(23)10-16(17)22(28)29/h4-11,25H,1-3H3,(H,28,29). The lowest BCUT2D eigenvalue weighted by Gasteiger charge is -2.15. The van der Waals surface area contributed by atoms with Gasteiger partial charge in [-0.3, -0.25) is 0 Å². The number of nitrogens with one attached hydrogen (secondary N) is 1. The highest BCUT2D eigenvalue weighted by Gasteiger charge is 2.23. The van der Waals surface area contributed by atoms with E-state index in [2.05, 4.69) is 10.3 Å². The summed E-state index contributed by atoms with van der Waals surface area (Å²) in [4.78, 5) is 16.4. The number of carbonyl (C=O) groups is 1. The molecule has 2 aromatic carbocycles. The fraction of sp³-hybridized carbons (Fsp3) is 0.136. The van der Waals surface area contributed by atoms with Gasteiger partial charge in [-0.05, 0) is 50.6 Å². The van der Waals surface area contributed by atoms with E-state index in [1.807, 2.05) is 50.4 Å². The molecule has 0 spiro atoms. The highest BCUT2D eigenvalue weighted by Crippen LogP contribution is 2.38. The molecule has 4 rings (SSSR count). The Kier molecular flexibility index (Phi) is 5.32. The smallest absolute Gasteiger partial charge is 0.337 e. The molecule has 30 heavy (non-hydrogen) atoms. The molecular weight excluding hydrogens is 420 g/mol. The van der Waals surface area contributed by atoms with Gasteiger partial charge in [0.15, 0.2) is 0 Å². The molecule has 0 bridgehead atoms. The van der Waals surface area contributed by atoms with Crippen LogP contribution in [0.25, 0.3) is 16.3 Å². The van der Waals surface area contributed by atoms with Crippen molar-refractivity contribution in [3.63, 3.8) is 0 Å². The van der Waals surface area contributed by atoms with E-state index in [4.69, 9.17) is 16.7 Å². The minimum absolute atomic E-state index is 0.0824. The second-order valence-electron chi connectivity index (χ2n) is 6.92. The Morgan fingerprint density at radius 1 is 1.17 bits per heavy atom. The zero-order valence-electron chi connectivity index (χ0n) is 16.6. The molecule has 0 unspecified atom stereocenters. The maximum Gasteiger partial charge on any atom is 0.337 e. The molecule has 0 saturated carbocycles. The predicted octanol–water partition coefficient (Wildman–Crippen LogP) is 6.02. The lowest BCUT2D eigenvalue weighted by Crippen LogP contribution is -2.08. The van der Waals surface area contributed by atoms with Crippen molar-refractivity contribution < 1.29 is 9.90 Å². The highest BCUT2D eigenvalue weighted by molar-refractivity contribution is 7.13. The third kappa shape index (κ3) is 3.69. The van der Waals surface area contributed by atoms with Gasteiger partial charge in [0.2, 0.25) is 0 Å². The van der Waals surface area contributed by atoms with Crippen LogP contribution in [0.2, 0.25) is 5.02 Å². The maximum absolute atomic E-state index is 11.8. The Labute approximate surface area is 182 Å². The summed E-state index contributed by atoms with van der Waals surface area (Å²) in [7, 11) is 0. The minimum Gasteiger partial charge on any atom is -0.478 e. The van der Waals surface area contributed by atoms with Crippen molar-refractivity contribution in [2.45, 2.75) is 20.8 Å². The molecule has 6 nitrogen and oxygen atoms in total. The van der Waals surface area contributed by atoms with E-state index in [1.165, 1.54) is 17.4 Å². The Bertz CT molecular complexity index is 1260. The summed E-state index contributed by atoms with van der Waals surface area (Å²) in [6.07, 6.45) is 0. The number of anilines is 2. The molecule has 0 atom stereocenters. The first kappa shape index (κ1) is 20.1. The number of aromatic carboxylic acids is 1. The van der Waals surface area contributed by atoms with Gasteiger partial charge in [-0.2, -0.15) is 5.10 Å². The van der Waals surface area contributed by atoms with Gasteiger partial charge in [0.1, 0.15) is 10.8 Å². The predicted molar refractivity (Wildman–Crippen MR) is 121 cm³/mol. The summed E-state index contributed by atoms with van der Waals surface area (Å²) < 4.78 is 1.80. The van der Waals surface area contributed by atoms with Crippen LogP contribution in [-0.4, -0.2) is 25.8 Å². The van der Waals surface area contributed by atoms with Gasteiger partial charge in [-0.1, -0.05) is 29.8 Å². The number of rotatable bonds is 5. The van der Waals surface area contributed by atoms with Crippen molar-refractivity contribution in [3.8, 4) is 16.3 Å². The van der Waals surface area contributed by atoms with Crippen molar-refractivity contribution >= 4 is 40.4 Å². The number of aromatic nitrogens is 3. The van der Waals surface area contributed by atoms with Crippen LogP contribution in [0.4, 0.5) is 11.5 Å². The van der Waals surface area contributed by atoms with Crippen LogP contribution in [0.15, 0.2) is 47.8 Å². The molecule has 4 aromatic rings. The topological polar surface area (TPSA) is 80.0 Å². The van der Waals surface area contributed by atoms with Gasteiger partial charge in [0.05, 0.1) is 28.2 Å². The van der Waals surface area contributed by atoms with E-state index in [0.717, 1.165) is 33.2 Å². The molecule has 0 aliphatic rings. The Morgan fingerprint density at radius 2 is 1.93 bits per heavy atom. The molecule has 0 fully saturated rings. The SMILES string of the molecule is Cc1csc(-c2c(C)nn(-c3ccccc3C)c2Nc2ccc(Cl)cc2C(=O)O)n1. The van der Waals surface area contributed by atoms with E-state index in [9.17, 15) is 9.90 Å². The maximum atomic E-state index is 11.8. The van der Waals surface area contributed by atoms with Gasteiger partial charge in [0.25, 0.3) is 0 Å². The van der Waals surface area contributed by atoms with Gasteiger partial charge >= 0.3 is 5.97 Å². The fourth-order valence-corrected chi connectivity index (χ4v) is 4.34. The lowest BCUT2D eigenvalue weighted by molar-refractivity contribution is 0.0698. The molecule has 2 aromatic heterocycles. The van der Waals surface area contributed by atoms with Crippen LogP contribution in [0.3, 0.4) is 0 Å². The molecule has 0 aliphatic heterocycles. The third-order valence-corrected chi connectivity index (χ3v) is 5.91. The molecule has 8 heteroatoms. The normalized spacial score (nSPS) is 10.9. The molecular formula is C22H19ClN4O2S. The number of carboxylic acid groups (broad SMARTS) is 1. The first-order valence-corrected chi connectivity index (χ1v) is 10.5. The lowest BCUT2D eigenvalue weighted by atomic mass is 10.1. The molecule has 0 saturated heterocycles. The Morgan fingerprint density at radius 3 is 2.60 bits per heavy atom. The van der Waals surface area contributed by atoms with E-state index < -0.39 is 5.97 Å². The van der Waals surface area contributed by atoms with Crippen LogP contribution in [0, 0.1) is 20.8 Å². The largest absolute Gasteiger partial charge is 0.478 e. The summed E-state index contributed by atoms with van der Waals surface area (Å²) in [5.74, 6) is -0.411. The van der Waals surface area contributed by atoms with Crippen LogP contribution in [0.1, 0.15) is 27.3 Å². The zero-order chi connectivity index (χ0) is 21.4. The van der Waals surface area contributed by atoms with Crippen LogP contribution in [0.5, 0.6) is 0 Å². The third-order valence-electron chi connectivity index (χ3n) is 4.70. The van der Waals surface area contributed by atoms with Crippen molar-refractivity contribution in [1.82, 2.24) is 14.8 Å². The summed E-state index contributed by atoms with van der Waals surface area (Å²) >= 11 is 7.55. The van der Waals surface area contributed by atoms with Crippen molar-refractivity contribution in [3.05, 3.63) is 75.4 Å². The van der Waals surface area contributed by atoms with Crippen LogP contribution < -0.4 is 5.32 Å². The van der Waals surface area contributed by atoms with Gasteiger partial charge in [0, 0.05) is 16.1 Å². The van der Waals surface area contributed by atoms with E-state index >= 15 is 0 Å². The van der Waals surface area contributed by atoms with Gasteiger partial charge < -0.3 is 10.4 Å². The zero-order valence-corrected chi connectivity index (χ0v) is 18.2. The second-order valence-corrected chi connectivity index (χ2v) is 8.22. The van der Waals surface area contributed by atoms with Crippen molar-refractivity contribution in [2.24, 2.45) is 0 Å². The van der Waals surface area contributed by atoms with Gasteiger partial charge in [-0.25, -0.2) is 14.5 Å². The highest BCUT2D eigenvalue weighted by atomic mass is 35.5. The van der Waals surface area contributed by atoms with E-state index in [0.29, 0.717) is 16.5 Å². The van der Waals surface area contributed by atoms with Crippen LogP contribution >= 0.6 is 22.9 Å².